The van der Waals surface area contributed by atoms with Gasteiger partial charge in [-0.05, 0) is 106 Å². The first kappa shape index (κ1) is 52.9. The van der Waals surface area contributed by atoms with E-state index in [1.807, 2.05) is 182 Å². The molecule has 0 saturated carbocycles. The topological polar surface area (TPSA) is 319 Å². The van der Waals surface area contributed by atoms with Gasteiger partial charge in [0.25, 0.3) is 0 Å². The molecular formula is C57H54N22. The van der Waals surface area contributed by atoms with Gasteiger partial charge in [0.2, 0.25) is 11.9 Å². The van der Waals surface area contributed by atoms with Gasteiger partial charge in [0.15, 0.2) is 23.3 Å². The number of hydrogen-bond acceptors (Lipinski definition) is 18. The van der Waals surface area contributed by atoms with Crippen LogP contribution in [-0.4, -0.2) is 67.6 Å². The summed E-state index contributed by atoms with van der Waals surface area (Å²) in [4.78, 5) is 47.7. The van der Waals surface area contributed by atoms with Gasteiger partial charge in [0.1, 0.15) is 36.0 Å². The van der Waals surface area contributed by atoms with Crippen molar-refractivity contribution in [3.8, 4) is 0 Å². The lowest BCUT2D eigenvalue weighted by atomic mass is 10.2. The number of H-pyrrole nitrogens is 1. The van der Waals surface area contributed by atoms with Crippen LogP contribution in [0.2, 0.25) is 0 Å². The van der Waals surface area contributed by atoms with E-state index in [0.29, 0.717) is 52.7 Å². The summed E-state index contributed by atoms with van der Waals surface area (Å²) < 4.78 is 0. The summed E-state index contributed by atoms with van der Waals surface area (Å²) in [7, 11) is 0. The third kappa shape index (κ3) is 13.9. The van der Waals surface area contributed by atoms with Crippen LogP contribution in [0.5, 0.6) is 0 Å². The first-order chi connectivity index (χ1) is 38.7. The molecule has 7 aromatic carbocycles. The second-order valence-corrected chi connectivity index (χ2v) is 17.0. The Morgan fingerprint density at radius 2 is 0.759 bits per heavy atom. The van der Waals surface area contributed by atoms with Gasteiger partial charge in [-0.3, -0.25) is 5.10 Å². The molecule has 0 bridgehead atoms. The maximum Gasteiger partial charge on any atom is 0.229 e. The number of nitrogens with two attached hydrogens (primary N) is 3. The molecule has 0 fully saturated rings. The normalized spacial score (nSPS) is 11.4. The molecule has 0 unspecified atom stereocenters. The van der Waals surface area contributed by atoms with Gasteiger partial charge < -0.3 is 32.2 Å². The number of nitrogens with one attached hydrogen (secondary N) is 7. The monoisotopic (exact) mass is 1050 g/mol. The number of amidine groups is 3. The number of benzene rings is 7. The Kier molecular flexibility index (Phi) is 17.4. The molecule has 13 N–H and O–H groups in total. The van der Waals surface area contributed by atoms with Crippen molar-refractivity contribution >= 4 is 124 Å². The molecule has 0 amide bonds. The van der Waals surface area contributed by atoms with Gasteiger partial charge in [-0.25, -0.2) is 62.4 Å². The second-order valence-electron chi connectivity index (χ2n) is 17.0. The van der Waals surface area contributed by atoms with Crippen LogP contribution in [0.1, 0.15) is 20.8 Å². The van der Waals surface area contributed by atoms with Crippen LogP contribution >= 0.6 is 0 Å². The van der Waals surface area contributed by atoms with Crippen LogP contribution in [0.25, 0.3) is 54.5 Å². The standard InChI is InChI=1S/C21H16N6.C16H16N6.2C10H11N5/c1-2-8-14(9-3-1)22-21-23-17-12-6-4-10-15(17)19(25-21)24-20-16-11-5-7-13-18(16)26-27-20;1-11(22-17)18-15-13-9-5-6-10-14(13)20-16(21-15)19-12-7-3-2-4-8-12;2*1-7(15-11)14-10-8-4-2-3-5-9(8)12-6-13-10/h1-13H,(H3,22,23,24,25,26,27);2-10H,17H2,1H3,(H2,18,19,20,21,22);2*2-6H,11H2,1H3,(H,12,13,14,15). The van der Waals surface area contributed by atoms with E-state index in [0.717, 1.165) is 71.7 Å². The Hall–Kier alpha value is -10.9. The quantitative estimate of drug-likeness (QED) is 0.0278. The Bertz CT molecular complexity index is 3970. The first-order valence-electron chi connectivity index (χ1n) is 24.6. The van der Waals surface area contributed by atoms with Crippen molar-refractivity contribution in [3.63, 3.8) is 0 Å². The Morgan fingerprint density at radius 1 is 0.367 bits per heavy atom. The molecule has 0 radical (unpaired) electrons. The van der Waals surface area contributed by atoms with E-state index in [-0.39, 0.29) is 0 Å². The van der Waals surface area contributed by atoms with Gasteiger partial charge in [0, 0.05) is 38.3 Å². The van der Waals surface area contributed by atoms with Gasteiger partial charge in [0.05, 0.1) is 27.6 Å². The minimum absolute atomic E-state index is 0.494. The number of aromatic nitrogens is 10. The lowest BCUT2D eigenvalue weighted by Gasteiger charge is -2.11. The number of para-hydroxylation sites is 7. The van der Waals surface area contributed by atoms with Gasteiger partial charge in [-0.1, -0.05) is 97.1 Å². The van der Waals surface area contributed by atoms with Gasteiger partial charge in [-0.15, -0.1) is 0 Å². The molecule has 79 heavy (non-hydrogen) atoms. The fourth-order valence-corrected chi connectivity index (χ4v) is 7.63. The summed E-state index contributed by atoms with van der Waals surface area (Å²) in [5, 5.41) is 21.9. The van der Waals surface area contributed by atoms with E-state index in [9.17, 15) is 0 Å². The number of hydrazine groups is 3. The third-order valence-electron chi connectivity index (χ3n) is 11.4. The fraction of sp³-hybridized carbons (Fsp3) is 0.0526. The smallest absolute Gasteiger partial charge is 0.229 e. The third-order valence-corrected chi connectivity index (χ3v) is 11.4. The maximum absolute atomic E-state index is 5.39. The Labute approximate surface area is 452 Å². The largest absolute Gasteiger partial charge is 0.324 e. The van der Waals surface area contributed by atoms with Crippen LogP contribution in [0.4, 0.5) is 52.4 Å². The SMILES string of the molecule is CC(=Nc1nc(Nc2ccccc2)nc2ccccc12)NN.CC(=Nc1ncnc2ccccc12)NN.CC(=Nc1ncnc2ccccc12)NN.c1ccc(Nc2nc(Nc3n[nH]c4ccccc34)c3ccccc3n2)cc1. The van der Waals surface area contributed by atoms with Crippen molar-refractivity contribution in [2.45, 2.75) is 20.8 Å². The van der Waals surface area contributed by atoms with Crippen LogP contribution in [0, 0.1) is 0 Å². The van der Waals surface area contributed by atoms with Crippen molar-refractivity contribution in [1.82, 2.24) is 66.3 Å². The highest BCUT2D eigenvalue weighted by Gasteiger charge is 2.13. The Balaban J connectivity index is 0.000000132. The molecule has 22 heteroatoms. The molecule has 5 aromatic heterocycles. The molecular weight excluding hydrogens is 993 g/mol. The second kappa shape index (κ2) is 26.0. The molecule has 0 aliphatic rings. The first-order valence-corrected chi connectivity index (χ1v) is 24.6. The number of hydrogen-bond donors (Lipinski definition) is 10. The number of anilines is 6. The molecule has 22 nitrogen and oxygen atoms in total. The fourth-order valence-electron chi connectivity index (χ4n) is 7.63. The number of aliphatic imine (C=N–C) groups is 3. The molecule has 5 heterocycles. The predicted octanol–water partition coefficient (Wildman–Crippen LogP) is 10.2. The zero-order valence-corrected chi connectivity index (χ0v) is 43.1. The lowest BCUT2D eigenvalue weighted by Crippen LogP contribution is -2.27. The van der Waals surface area contributed by atoms with E-state index in [1.165, 1.54) is 12.7 Å². The predicted molar refractivity (Wildman–Crippen MR) is 317 cm³/mol. The van der Waals surface area contributed by atoms with Gasteiger partial charge in [-0.2, -0.15) is 15.1 Å². The molecule has 0 spiro atoms. The summed E-state index contributed by atoms with van der Waals surface area (Å²) in [6, 6.07) is 58.7. The minimum Gasteiger partial charge on any atom is -0.324 e. The number of nitrogens with zero attached hydrogens (tertiary/aromatic N) is 12. The van der Waals surface area contributed by atoms with E-state index in [1.54, 1.807) is 20.8 Å². The van der Waals surface area contributed by atoms with Crippen molar-refractivity contribution < 1.29 is 0 Å². The summed E-state index contributed by atoms with van der Waals surface area (Å²) in [6.07, 6.45) is 2.98. The molecule has 12 rings (SSSR count). The average molecular weight is 1050 g/mol. The van der Waals surface area contributed by atoms with E-state index in [4.69, 9.17) is 22.5 Å². The van der Waals surface area contributed by atoms with E-state index < -0.39 is 0 Å². The molecule has 0 atom stereocenters. The minimum atomic E-state index is 0.494. The molecule has 12 aromatic rings. The molecule has 0 aliphatic carbocycles. The summed E-state index contributed by atoms with van der Waals surface area (Å²) in [5.74, 6) is 21.9. The summed E-state index contributed by atoms with van der Waals surface area (Å²) in [6.45, 7) is 5.33. The zero-order valence-electron chi connectivity index (χ0n) is 43.1. The highest BCUT2D eigenvalue weighted by atomic mass is 15.3. The number of aromatic amines is 1. The molecule has 392 valence electrons. The maximum atomic E-state index is 5.39. The average Bonchev–Trinajstić information content (AvgIpc) is 3.92. The van der Waals surface area contributed by atoms with Crippen molar-refractivity contribution in [2.75, 3.05) is 16.0 Å². The van der Waals surface area contributed by atoms with E-state index in [2.05, 4.69) is 92.3 Å². The summed E-state index contributed by atoms with van der Waals surface area (Å²) >= 11 is 0. The lowest BCUT2D eigenvalue weighted by molar-refractivity contribution is 1.01. The van der Waals surface area contributed by atoms with Crippen LogP contribution in [0.3, 0.4) is 0 Å². The van der Waals surface area contributed by atoms with Crippen molar-refractivity contribution in [2.24, 2.45) is 32.5 Å². The van der Waals surface area contributed by atoms with Crippen molar-refractivity contribution in [1.29, 1.82) is 0 Å². The van der Waals surface area contributed by atoms with E-state index >= 15 is 0 Å². The molecule has 0 aliphatic heterocycles. The highest BCUT2D eigenvalue weighted by molar-refractivity contribution is 5.97. The highest BCUT2D eigenvalue weighted by Crippen LogP contribution is 2.30. The van der Waals surface area contributed by atoms with Crippen molar-refractivity contribution in [3.05, 3.63) is 195 Å². The van der Waals surface area contributed by atoms with Crippen LogP contribution in [-0.2, 0) is 0 Å². The van der Waals surface area contributed by atoms with Gasteiger partial charge >= 0.3 is 0 Å². The van der Waals surface area contributed by atoms with Crippen LogP contribution in [0.15, 0.2) is 210 Å². The summed E-state index contributed by atoms with van der Waals surface area (Å²) in [5.41, 5.74) is 13.7. The Morgan fingerprint density at radius 3 is 1.27 bits per heavy atom. The van der Waals surface area contributed by atoms with Crippen LogP contribution < -0.4 is 49.8 Å². The number of fused-ring (bicyclic) bond motifs is 5. The molecule has 0 saturated heterocycles. The zero-order chi connectivity index (χ0) is 54.8. The number of rotatable bonds is 9.